The van der Waals surface area contributed by atoms with E-state index in [4.69, 9.17) is 9.47 Å². The van der Waals surface area contributed by atoms with Crippen LogP contribution in [0.2, 0.25) is 0 Å². The molecule has 0 spiro atoms. The number of hydrogen-bond acceptors (Lipinski definition) is 4. The van der Waals surface area contributed by atoms with Crippen LogP contribution >= 0.6 is 0 Å². The first kappa shape index (κ1) is 8.44. The summed E-state index contributed by atoms with van der Waals surface area (Å²) in [5.74, 6) is -0.168. The molecule has 2 saturated heterocycles. The molecule has 0 aromatic rings. The van der Waals surface area contributed by atoms with Gasteiger partial charge in [0.1, 0.15) is 11.7 Å². The molecule has 4 nitrogen and oxygen atoms in total. The lowest BCUT2D eigenvalue weighted by Gasteiger charge is -2.41. The fourth-order valence-corrected chi connectivity index (χ4v) is 1.88. The summed E-state index contributed by atoms with van der Waals surface area (Å²) in [6, 6.07) is 0. The molecule has 0 aromatic heterocycles. The van der Waals surface area contributed by atoms with Crippen molar-refractivity contribution in [2.75, 3.05) is 6.61 Å². The first-order valence-corrected chi connectivity index (χ1v) is 4.21. The van der Waals surface area contributed by atoms with Crippen LogP contribution < -0.4 is 0 Å². The number of aliphatic hydroxyl groups excluding tert-OH is 1. The highest BCUT2D eigenvalue weighted by atomic mass is 16.7. The normalized spacial score (nSPS) is 59.0. The van der Waals surface area contributed by atoms with Gasteiger partial charge in [-0.05, 0) is 6.92 Å². The van der Waals surface area contributed by atoms with Crippen LogP contribution in [0, 0.1) is 5.92 Å². The fourth-order valence-electron chi connectivity index (χ4n) is 1.88. The molecule has 5 unspecified atom stereocenters. The van der Waals surface area contributed by atoms with Crippen molar-refractivity contribution in [1.29, 1.82) is 0 Å². The molecule has 12 heavy (non-hydrogen) atoms. The van der Waals surface area contributed by atoms with Crippen LogP contribution in [0.15, 0.2) is 0 Å². The van der Waals surface area contributed by atoms with Crippen LogP contribution in [0.25, 0.3) is 0 Å². The maximum absolute atomic E-state index is 9.84. The first-order valence-electron chi connectivity index (χ1n) is 4.21. The average molecular weight is 174 g/mol. The quantitative estimate of drug-likeness (QED) is 0.519. The van der Waals surface area contributed by atoms with Crippen LogP contribution in [-0.4, -0.2) is 40.9 Å². The van der Waals surface area contributed by atoms with Crippen molar-refractivity contribution in [1.82, 2.24) is 0 Å². The highest BCUT2D eigenvalue weighted by molar-refractivity contribution is 5.00. The third-order valence-electron chi connectivity index (χ3n) is 2.89. The SMILES string of the molecule is CC1C2OCC(O2)C(C)(O)C1O. The molecule has 2 rings (SSSR count). The molecule has 2 fully saturated rings. The lowest BCUT2D eigenvalue weighted by atomic mass is 9.83. The summed E-state index contributed by atoms with van der Waals surface area (Å²) in [7, 11) is 0. The Labute approximate surface area is 71.1 Å². The third kappa shape index (κ3) is 0.925. The highest BCUT2D eigenvalue weighted by Gasteiger charge is 2.54. The van der Waals surface area contributed by atoms with Gasteiger partial charge in [0.25, 0.3) is 0 Å². The number of fused-ring (bicyclic) bond motifs is 2. The van der Waals surface area contributed by atoms with E-state index in [1.807, 2.05) is 6.92 Å². The van der Waals surface area contributed by atoms with Crippen molar-refractivity contribution >= 4 is 0 Å². The Hall–Kier alpha value is -0.160. The maximum atomic E-state index is 9.84. The van der Waals surface area contributed by atoms with Gasteiger partial charge in [-0.25, -0.2) is 0 Å². The van der Waals surface area contributed by atoms with Gasteiger partial charge in [0, 0.05) is 5.92 Å². The Bertz CT molecular complexity index is 191. The van der Waals surface area contributed by atoms with Gasteiger partial charge < -0.3 is 19.7 Å². The molecule has 2 aliphatic rings. The fraction of sp³-hybridized carbons (Fsp3) is 1.00. The zero-order chi connectivity index (χ0) is 8.93. The highest BCUT2D eigenvalue weighted by Crippen LogP contribution is 2.38. The van der Waals surface area contributed by atoms with Crippen LogP contribution in [-0.2, 0) is 9.47 Å². The predicted molar refractivity (Wildman–Crippen MR) is 40.4 cm³/mol. The van der Waals surface area contributed by atoms with E-state index >= 15 is 0 Å². The summed E-state index contributed by atoms with van der Waals surface area (Å²) in [5.41, 5.74) is -1.17. The van der Waals surface area contributed by atoms with E-state index in [1.54, 1.807) is 6.92 Å². The van der Waals surface area contributed by atoms with Crippen molar-refractivity contribution in [3.63, 3.8) is 0 Å². The van der Waals surface area contributed by atoms with Gasteiger partial charge in [-0.2, -0.15) is 0 Å². The number of hydrogen-bond donors (Lipinski definition) is 2. The van der Waals surface area contributed by atoms with Crippen molar-refractivity contribution < 1.29 is 19.7 Å². The zero-order valence-electron chi connectivity index (χ0n) is 7.23. The Balaban J connectivity index is 2.26. The summed E-state index contributed by atoms with van der Waals surface area (Å²) in [4.78, 5) is 0. The van der Waals surface area contributed by atoms with Gasteiger partial charge in [0.05, 0.1) is 12.7 Å². The van der Waals surface area contributed by atoms with Crippen LogP contribution in [0.1, 0.15) is 13.8 Å². The topological polar surface area (TPSA) is 58.9 Å². The van der Waals surface area contributed by atoms with Gasteiger partial charge >= 0.3 is 0 Å². The minimum absolute atomic E-state index is 0.168. The Kier molecular flexibility index (Phi) is 1.70. The Morgan fingerprint density at radius 3 is 2.83 bits per heavy atom. The molecule has 0 aliphatic carbocycles. The van der Waals surface area contributed by atoms with Crippen molar-refractivity contribution in [2.24, 2.45) is 5.92 Å². The molecule has 70 valence electrons. The molecule has 0 saturated carbocycles. The van der Waals surface area contributed by atoms with Gasteiger partial charge in [-0.1, -0.05) is 6.92 Å². The summed E-state index contributed by atoms with van der Waals surface area (Å²) < 4.78 is 10.6. The second-order valence-corrected chi connectivity index (χ2v) is 3.86. The van der Waals surface area contributed by atoms with E-state index in [1.165, 1.54) is 0 Å². The van der Waals surface area contributed by atoms with Crippen LogP contribution in [0.4, 0.5) is 0 Å². The molecular weight excluding hydrogens is 160 g/mol. The lowest BCUT2D eigenvalue weighted by Crippen LogP contribution is -2.58. The largest absolute Gasteiger partial charge is 0.390 e. The van der Waals surface area contributed by atoms with Crippen LogP contribution in [0.5, 0.6) is 0 Å². The third-order valence-corrected chi connectivity index (χ3v) is 2.89. The number of rotatable bonds is 0. The van der Waals surface area contributed by atoms with Crippen molar-refractivity contribution in [3.05, 3.63) is 0 Å². The zero-order valence-corrected chi connectivity index (χ0v) is 7.23. The molecule has 2 N–H and O–H groups in total. The van der Waals surface area contributed by atoms with Gasteiger partial charge in [0.15, 0.2) is 6.29 Å². The smallest absolute Gasteiger partial charge is 0.163 e. The molecule has 0 aromatic carbocycles. The molecule has 4 heteroatoms. The lowest BCUT2D eigenvalue weighted by molar-refractivity contribution is -0.237. The molecule has 2 bridgehead atoms. The molecular formula is C8H14O4. The minimum atomic E-state index is -1.17. The first-order chi connectivity index (χ1) is 5.53. The molecule has 2 heterocycles. The number of aliphatic hydroxyl groups is 2. The average Bonchev–Trinajstić information content (AvgIpc) is 2.46. The second-order valence-electron chi connectivity index (χ2n) is 3.86. The summed E-state index contributed by atoms with van der Waals surface area (Å²) in [6.45, 7) is 3.77. The van der Waals surface area contributed by atoms with E-state index in [-0.39, 0.29) is 18.3 Å². The van der Waals surface area contributed by atoms with E-state index in [2.05, 4.69) is 0 Å². The number of ether oxygens (including phenoxy) is 2. The van der Waals surface area contributed by atoms with Gasteiger partial charge in [0.2, 0.25) is 0 Å². The predicted octanol–water partition coefficient (Wildman–Crippen LogP) is -0.511. The summed E-state index contributed by atoms with van der Waals surface area (Å²) in [5, 5.41) is 19.5. The van der Waals surface area contributed by atoms with E-state index < -0.39 is 11.7 Å². The summed E-state index contributed by atoms with van der Waals surface area (Å²) in [6.07, 6.45) is -1.48. The molecule has 0 radical (unpaired) electrons. The standard InChI is InChI=1S/C8H14O4/c1-4-6(9)8(2,10)5-3-11-7(4)12-5/h4-7,9-10H,3H2,1-2H3. The van der Waals surface area contributed by atoms with E-state index in [0.717, 1.165) is 0 Å². The van der Waals surface area contributed by atoms with Crippen molar-refractivity contribution in [2.45, 2.75) is 37.9 Å². The maximum Gasteiger partial charge on any atom is 0.163 e. The summed E-state index contributed by atoms with van der Waals surface area (Å²) >= 11 is 0. The van der Waals surface area contributed by atoms with Crippen molar-refractivity contribution in [3.8, 4) is 0 Å². The van der Waals surface area contributed by atoms with E-state index in [0.29, 0.717) is 6.61 Å². The molecule has 5 atom stereocenters. The van der Waals surface area contributed by atoms with Gasteiger partial charge in [-0.3, -0.25) is 0 Å². The Morgan fingerprint density at radius 2 is 2.17 bits per heavy atom. The second kappa shape index (κ2) is 2.42. The van der Waals surface area contributed by atoms with E-state index in [9.17, 15) is 10.2 Å². The monoisotopic (exact) mass is 174 g/mol. The van der Waals surface area contributed by atoms with Gasteiger partial charge in [-0.15, -0.1) is 0 Å². The molecule has 2 aliphatic heterocycles. The Morgan fingerprint density at radius 1 is 1.50 bits per heavy atom. The van der Waals surface area contributed by atoms with Crippen LogP contribution in [0.3, 0.4) is 0 Å². The molecule has 0 amide bonds. The minimum Gasteiger partial charge on any atom is -0.390 e.